The standard InChI is InChI=1S/C14H18N2O/c1-11-5-4-6-13(12(11)9-15)16-10-14(17)7-2-3-8-14/h4-6,16-17H,2-3,7-8,10H2,1H3. The van der Waals surface area contributed by atoms with E-state index in [4.69, 9.17) is 5.26 Å². The third kappa shape index (κ3) is 2.59. The molecule has 0 spiro atoms. The van der Waals surface area contributed by atoms with Crippen LogP contribution in [0.25, 0.3) is 0 Å². The lowest BCUT2D eigenvalue weighted by Crippen LogP contribution is -2.33. The van der Waals surface area contributed by atoms with Crippen LogP contribution in [0.15, 0.2) is 18.2 Å². The molecule has 1 aliphatic rings. The molecule has 17 heavy (non-hydrogen) atoms. The smallest absolute Gasteiger partial charge is 0.102 e. The number of anilines is 1. The van der Waals surface area contributed by atoms with Gasteiger partial charge in [-0.2, -0.15) is 5.26 Å². The van der Waals surface area contributed by atoms with E-state index in [0.29, 0.717) is 12.1 Å². The minimum Gasteiger partial charge on any atom is -0.388 e. The van der Waals surface area contributed by atoms with Crippen LogP contribution in [-0.4, -0.2) is 17.3 Å². The van der Waals surface area contributed by atoms with Crippen LogP contribution in [0.3, 0.4) is 0 Å². The SMILES string of the molecule is Cc1cccc(NCC2(O)CCCC2)c1C#N. The largest absolute Gasteiger partial charge is 0.388 e. The molecule has 0 saturated heterocycles. The highest BCUT2D eigenvalue weighted by Gasteiger charge is 2.30. The molecule has 2 rings (SSSR count). The van der Waals surface area contributed by atoms with E-state index in [9.17, 15) is 5.11 Å². The first-order valence-electron chi connectivity index (χ1n) is 6.11. The van der Waals surface area contributed by atoms with Crippen LogP contribution in [-0.2, 0) is 0 Å². The van der Waals surface area contributed by atoms with Crippen molar-refractivity contribution in [3.8, 4) is 6.07 Å². The molecule has 3 nitrogen and oxygen atoms in total. The second kappa shape index (κ2) is 4.77. The number of benzene rings is 1. The molecule has 0 bridgehead atoms. The summed E-state index contributed by atoms with van der Waals surface area (Å²) >= 11 is 0. The van der Waals surface area contributed by atoms with Gasteiger partial charge in [0.1, 0.15) is 6.07 Å². The van der Waals surface area contributed by atoms with E-state index < -0.39 is 5.60 Å². The zero-order chi connectivity index (χ0) is 12.3. The predicted octanol–water partition coefficient (Wildman–Crippen LogP) is 2.58. The van der Waals surface area contributed by atoms with Crippen molar-refractivity contribution in [1.29, 1.82) is 5.26 Å². The summed E-state index contributed by atoms with van der Waals surface area (Å²) in [4.78, 5) is 0. The van der Waals surface area contributed by atoms with Gasteiger partial charge in [0.05, 0.1) is 16.9 Å². The van der Waals surface area contributed by atoms with Crippen LogP contribution in [0, 0.1) is 18.3 Å². The number of nitrogens with one attached hydrogen (secondary N) is 1. The molecule has 1 aliphatic carbocycles. The molecule has 0 aromatic heterocycles. The minimum absolute atomic E-state index is 0.533. The topological polar surface area (TPSA) is 56.0 Å². The monoisotopic (exact) mass is 230 g/mol. The number of nitrogens with zero attached hydrogens (tertiary/aromatic N) is 1. The fourth-order valence-electron chi connectivity index (χ4n) is 2.43. The van der Waals surface area contributed by atoms with Crippen molar-refractivity contribution in [3.63, 3.8) is 0 Å². The summed E-state index contributed by atoms with van der Waals surface area (Å²) in [6.45, 7) is 2.46. The summed E-state index contributed by atoms with van der Waals surface area (Å²) in [6.07, 6.45) is 3.90. The first kappa shape index (κ1) is 11.9. The lowest BCUT2D eigenvalue weighted by molar-refractivity contribution is 0.0615. The number of aliphatic hydroxyl groups is 1. The highest BCUT2D eigenvalue weighted by atomic mass is 16.3. The molecular formula is C14H18N2O. The normalized spacial score (nSPS) is 17.7. The summed E-state index contributed by atoms with van der Waals surface area (Å²) < 4.78 is 0. The van der Waals surface area contributed by atoms with Crippen molar-refractivity contribution in [3.05, 3.63) is 29.3 Å². The molecule has 0 radical (unpaired) electrons. The van der Waals surface area contributed by atoms with Gasteiger partial charge < -0.3 is 10.4 Å². The van der Waals surface area contributed by atoms with Crippen LogP contribution in [0.2, 0.25) is 0 Å². The zero-order valence-electron chi connectivity index (χ0n) is 10.2. The zero-order valence-corrected chi connectivity index (χ0v) is 10.2. The van der Waals surface area contributed by atoms with E-state index in [0.717, 1.165) is 36.9 Å². The van der Waals surface area contributed by atoms with Crippen molar-refractivity contribution >= 4 is 5.69 Å². The molecule has 1 aromatic rings. The van der Waals surface area contributed by atoms with Gasteiger partial charge in [-0.05, 0) is 31.4 Å². The Morgan fingerprint density at radius 2 is 2.12 bits per heavy atom. The highest BCUT2D eigenvalue weighted by Crippen LogP contribution is 2.30. The Morgan fingerprint density at radius 1 is 1.41 bits per heavy atom. The van der Waals surface area contributed by atoms with Crippen molar-refractivity contribution in [2.45, 2.75) is 38.2 Å². The van der Waals surface area contributed by atoms with Gasteiger partial charge in [-0.15, -0.1) is 0 Å². The maximum atomic E-state index is 10.2. The number of aryl methyl sites for hydroxylation is 1. The maximum absolute atomic E-state index is 10.2. The third-order valence-corrected chi connectivity index (χ3v) is 3.53. The summed E-state index contributed by atoms with van der Waals surface area (Å²) in [5.41, 5.74) is 1.88. The first-order valence-corrected chi connectivity index (χ1v) is 6.11. The van der Waals surface area contributed by atoms with Crippen molar-refractivity contribution in [1.82, 2.24) is 0 Å². The summed E-state index contributed by atoms with van der Waals surface area (Å²) in [6, 6.07) is 7.95. The lowest BCUT2D eigenvalue weighted by Gasteiger charge is -2.23. The molecule has 1 saturated carbocycles. The van der Waals surface area contributed by atoms with Gasteiger partial charge in [-0.25, -0.2) is 0 Å². The number of rotatable bonds is 3. The second-order valence-electron chi connectivity index (χ2n) is 4.89. The Kier molecular flexibility index (Phi) is 3.35. The Morgan fingerprint density at radius 3 is 2.76 bits per heavy atom. The van der Waals surface area contributed by atoms with Crippen LogP contribution in [0.4, 0.5) is 5.69 Å². The minimum atomic E-state index is -0.587. The summed E-state index contributed by atoms with van der Waals surface area (Å²) in [7, 11) is 0. The van der Waals surface area contributed by atoms with Crippen molar-refractivity contribution < 1.29 is 5.11 Å². The maximum Gasteiger partial charge on any atom is 0.102 e. The number of nitriles is 1. The fraction of sp³-hybridized carbons (Fsp3) is 0.500. The van der Waals surface area contributed by atoms with Crippen LogP contribution in [0.1, 0.15) is 36.8 Å². The molecule has 3 heteroatoms. The molecule has 0 atom stereocenters. The summed E-state index contributed by atoms with van der Waals surface area (Å²) in [5, 5.41) is 22.6. The van der Waals surface area contributed by atoms with Crippen LogP contribution < -0.4 is 5.32 Å². The van der Waals surface area contributed by atoms with Crippen molar-refractivity contribution in [2.75, 3.05) is 11.9 Å². The van der Waals surface area contributed by atoms with Crippen LogP contribution in [0.5, 0.6) is 0 Å². The molecular weight excluding hydrogens is 212 g/mol. The Hall–Kier alpha value is -1.53. The second-order valence-corrected chi connectivity index (χ2v) is 4.89. The molecule has 0 aliphatic heterocycles. The van der Waals surface area contributed by atoms with E-state index in [2.05, 4.69) is 11.4 Å². The molecule has 0 heterocycles. The number of hydrogen-bond donors (Lipinski definition) is 2. The molecule has 2 N–H and O–H groups in total. The quantitative estimate of drug-likeness (QED) is 0.839. The van der Waals surface area contributed by atoms with E-state index in [-0.39, 0.29) is 0 Å². The van der Waals surface area contributed by atoms with Gasteiger partial charge >= 0.3 is 0 Å². The van der Waals surface area contributed by atoms with E-state index in [1.165, 1.54) is 0 Å². The van der Waals surface area contributed by atoms with E-state index in [1.807, 2.05) is 25.1 Å². The Bertz CT molecular complexity index is 442. The van der Waals surface area contributed by atoms with Crippen LogP contribution >= 0.6 is 0 Å². The first-order chi connectivity index (χ1) is 8.14. The average molecular weight is 230 g/mol. The molecule has 90 valence electrons. The van der Waals surface area contributed by atoms with Gasteiger partial charge in [0.15, 0.2) is 0 Å². The molecule has 1 aromatic carbocycles. The van der Waals surface area contributed by atoms with Crippen molar-refractivity contribution in [2.24, 2.45) is 0 Å². The molecule has 0 unspecified atom stereocenters. The van der Waals surface area contributed by atoms with Gasteiger partial charge in [-0.3, -0.25) is 0 Å². The van der Waals surface area contributed by atoms with Gasteiger partial charge in [0, 0.05) is 6.54 Å². The van der Waals surface area contributed by atoms with E-state index >= 15 is 0 Å². The van der Waals surface area contributed by atoms with E-state index in [1.54, 1.807) is 0 Å². The predicted molar refractivity (Wildman–Crippen MR) is 67.8 cm³/mol. The molecule has 1 fully saturated rings. The van der Waals surface area contributed by atoms with Gasteiger partial charge in [0.2, 0.25) is 0 Å². The lowest BCUT2D eigenvalue weighted by atomic mass is 10.0. The highest BCUT2D eigenvalue weighted by molar-refractivity contribution is 5.60. The van der Waals surface area contributed by atoms with Gasteiger partial charge in [-0.1, -0.05) is 25.0 Å². The molecule has 0 amide bonds. The fourth-order valence-corrected chi connectivity index (χ4v) is 2.43. The Labute approximate surface area is 102 Å². The third-order valence-electron chi connectivity index (χ3n) is 3.53. The average Bonchev–Trinajstić information content (AvgIpc) is 2.74. The Balaban J connectivity index is 2.09. The van der Waals surface area contributed by atoms with Gasteiger partial charge in [0.25, 0.3) is 0 Å². The number of hydrogen-bond acceptors (Lipinski definition) is 3. The summed E-state index contributed by atoms with van der Waals surface area (Å²) in [5.74, 6) is 0.